The number of nitrogens with zero attached hydrogens (tertiary/aromatic N) is 3. The number of phenols is 1. The lowest BCUT2D eigenvalue weighted by atomic mass is 10.0. The molecule has 1 amide bonds. The summed E-state index contributed by atoms with van der Waals surface area (Å²) in [6.45, 7) is 4.82. The lowest BCUT2D eigenvalue weighted by Crippen LogP contribution is -2.38. The van der Waals surface area contributed by atoms with Crippen molar-refractivity contribution in [2.75, 3.05) is 0 Å². The van der Waals surface area contributed by atoms with E-state index in [2.05, 4.69) is 15.3 Å². The molecule has 124 valence electrons. The maximum atomic E-state index is 11.8. The van der Waals surface area contributed by atoms with Crippen molar-refractivity contribution in [1.29, 1.82) is 0 Å². The van der Waals surface area contributed by atoms with Gasteiger partial charge in [0.25, 0.3) is 0 Å². The topological polar surface area (TPSA) is 145 Å². The normalized spacial score (nSPS) is 12.0. The van der Waals surface area contributed by atoms with E-state index in [9.17, 15) is 19.8 Å². The molecule has 1 unspecified atom stereocenters. The molecule has 9 heteroatoms. The van der Waals surface area contributed by atoms with Crippen LogP contribution in [0.5, 0.6) is 5.75 Å². The van der Waals surface area contributed by atoms with Crippen LogP contribution in [-0.4, -0.2) is 27.9 Å². The number of nitrogens with one attached hydrogen (secondary N) is 1. The van der Waals surface area contributed by atoms with Crippen molar-refractivity contribution in [2.45, 2.75) is 39.0 Å². The summed E-state index contributed by atoms with van der Waals surface area (Å²) in [6, 6.07) is 2.60. The number of carbonyl (C=O) groups is 2. The number of azide groups is 1. The summed E-state index contributed by atoms with van der Waals surface area (Å²) in [6.07, 6.45) is -0.880. The van der Waals surface area contributed by atoms with E-state index in [0.717, 1.165) is 0 Å². The van der Waals surface area contributed by atoms with Crippen molar-refractivity contribution in [1.82, 2.24) is 5.32 Å². The second-order valence-electron chi connectivity index (χ2n) is 5.69. The zero-order valence-electron chi connectivity index (χ0n) is 13.0. The summed E-state index contributed by atoms with van der Waals surface area (Å²) in [5, 5.41) is 24.5. The Balaban J connectivity index is 3.04. The Morgan fingerprint density at radius 1 is 1.43 bits per heavy atom. The first-order valence-electron chi connectivity index (χ1n) is 6.69. The third-order valence-electron chi connectivity index (χ3n) is 2.65. The second-order valence-corrected chi connectivity index (χ2v) is 5.69. The zero-order chi connectivity index (χ0) is 17.6. The Morgan fingerprint density at radius 2 is 2.09 bits per heavy atom. The van der Waals surface area contributed by atoms with Gasteiger partial charge in [-0.2, -0.15) is 0 Å². The van der Waals surface area contributed by atoms with Crippen LogP contribution in [0.25, 0.3) is 10.4 Å². The Bertz CT molecular complexity index is 647. The fourth-order valence-corrected chi connectivity index (χ4v) is 1.73. The van der Waals surface area contributed by atoms with E-state index < -0.39 is 23.7 Å². The van der Waals surface area contributed by atoms with Crippen LogP contribution < -0.4 is 5.32 Å². The first-order chi connectivity index (χ1) is 10.6. The van der Waals surface area contributed by atoms with Crippen LogP contribution in [0.3, 0.4) is 0 Å². The monoisotopic (exact) mass is 322 g/mol. The summed E-state index contributed by atoms with van der Waals surface area (Å²) < 4.78 is 5.03. The fourth-order valence-electron chi connectivity index (χ4n) is 1.73. The lowest BCUT2D eigenvalue weighted by molar-refractivity contribution is -0.139. The summed E-state index contributed by atoms with van der Waals surface area (Å²) >= 11 is 0. The number of hydrogen-bond acceptors (Lipinski definition) is 5. The van der Waals surface area contributed by atoms with Gasteiger partial charge in [-0.1, -0.05) is 11.2 Å². The molecule has 0 aliphatic heterocycles. The zero-order valence-corrected chi connectivity index (χ0v) is 13.0. The molecule has 0 bridgehead atoms. The van der Waals surface area contributed by atoms with Crippen LogP contribution in [-0.2, 0) is 16.1 Å². The molecule has 0 saturated heterocycles. The average Bonchev–Trinajstić information content (AvgIpc) is 2.42. The molecule has 9 nitrogen and oxygen atoms in total. The van der Waals surface area contributed by atoms with E-state index in [0.29, 0.717) is 0 Å². The van der Waals surface area contributed by atoms with Gasteiger partial charge >= 0.3 is 12.1 Å². The maximum Gasteiger partial charge on any atom is 0.408 e. The number of rotatable bonds is 5. The van der Waals surface area contributed by atoms with Crippen LogP contribution >= 0.6 is 0 Å². The Labute approximate surface area is 132 Å². The van der Waals surface area contributed by atoms with Crippen LogP contribution in [0.15, 0.2) is 23.3 Å². The SMILES string of the molecule is CC(C)(C)OC(=O)NC(C(=O)O)c1ccc(O)c(CN=[N+]=[N-])c1. The molecule has 3 N–H and O–H groups in total. The predicted molar refractivity (Wildman–Crippen MR) is 80.7 cm³/mol. The minimum atomic E-state index is -1.37. The van der Waals surface area contributed by atoms with Crippen molar-refractivity contribution in [2.24, 2.45) is 5.11 Å². The lowest BCUT2D eigenvalue weighted by Gasteiger charge is -2.22. The predicted octanol–water partition coefficient (Wildman–Crippen LogP) is 2.85. The molecule has 0 aromatic heterocycles. The molecule has 0 spiro atoms. The quantitative estimate of drug-likeness (QED) is 0.433. The Kier molecular flexibility index (Phi) is 5.81. The van der Waals surface area contributed by atoms with Gasteiger partial charge in [0.15, 0.2) is 6.04 Å². The fraction of sp³-hybridized carbons (Fsp3) is 0.429. The molecule has 0 heterocycles. The number of aromatic hydroxyl groups is 1. The first kappa shape index (κ1) is 18.1. The van der Waals surface area contributed by atoms with Crippen molar-refractivity contribution in [3.63, 3.8) is 0 Å². The summed E-state index contributed by atoms with van der Waals surface area (Å²) in [7, 11) is 0. The van der Waals surface area contributed by atoms with Crippen LogP contribution in [0.4, 0.5) is 4.79 Å². The van der Waals surface area contributed by atoms with Gasteiger partial charge in [0.05, 0.1) is 6.54 Å². The molecule has 0 aliphatic carbocycles. The van der Waals surface area contributed by atoms with Gasteiger partial charge in [-0.25, -0.2) is 9.59 Å². The van der Waals surface area contributed by atoms with Crippen molar-refractivity contribution in [3.05, 3.63) is 39.8 Å². The molecule has 1 atom stereocenters. The maximum absolute atomic E-state index is 11.8. The minimum Gasteiger partial charge on any atom is -0.508 e. The van der Waals surface area contributed by atoms with Gasteiger partial charge < -0.3 is 20.3 Å². The highest BCUT2D eigenvalue weighted by atomic mass is 16.6. The van der Waals surface area contributed by atoms with Gasteiger partial charge in [0.1, 0.15) is 11.4 Å². The standard InChI is InChI=1S/C14H18N4O5/c1-14(2,3)23-13(22)17-11(12(20)21)8-4-5-10(19)9(6-8)7-16-18-15/h4-6,11,19H,7H2,1-3H3,(H,17,22)(H,20,21). The van der Waals surface area contributed by atoms with Crippen LogP contribution in [0.1, 0.15) is 37.9 Å². The number of carboxylic acids is 1. The van der Waals surface area contributed by atoms with Gasteiger partial charge in [-0.05, 0) is 49.6 Å². The molecule has 1 aromatic rings. The van der Waals surface area contributed by atoms with Crippen molar-refractivity contribution >= 4 is 12.1 Å². The first-order valence-corrected chi connectivity index (χ1v) is 6.69. The van der Waals surface area contributed by atoms with Gasteiger partial charge in [-0.15, -0.1) is 0 Å². The van der Waals surface area contributed by atoms with E-state index in [1.165, 1.54) is 18.2 Å². The molecule has 0 aliphatic rings. The summed E-state index contributed by atoms with van der Waals surface area (Å²) in [5.74, 6) is -1.43. The third-order valence-corrected chi connectivity index (χ3v) is 2.65. The highest BCUT2D eigenvalue weighted by Gasteiger charge is 2.26. The van der Waals surface area contributed by atoms with E-state index in [4.69, 9.17) is 10.3 Å². The molecule has 0 fully saturated rings. The van der Waals surface area contributed by atoms with E-state index in [-0.39, 0.29) is 23.4 Å². The molecular formula is C14H18N4O5. The Morgan fingerprint density at radius 3 is 2.61 bits per heavy atom. The highest BCUT2D eigenvalue weighted by Crippen LogP contribution is 2.24. The second kappa shape index (κ2) is 7.37. The van der Waals surface area contributed by atoms with Gasteiger partial charge in [0, 0.05) is 4.91 Å². The molecule has 1 aromatic carbocycles. The number of amides is 1. The van der Waals surface area contributed by atoms with Crippen LogP contribution in [0, 0.1) is 0 Å². The summed E-state index contributed by atoms with van der Waals surface area (Å²) in [4.78, 5) is 25.7. The molecule has 23 heavy (non-hydrogen) atoms. The molecule has 0 saturated carbocycles. The largest absolute Gasteiger partial charge is 0.508 e. The Hall–Kier alpha value is -2.93. The average molecular weight is 322 g/mol. The highest BCUT2D eigenvalue weighted by molar-refractivity contribution is 5.81. The van der Waals surface area contributed by atoms with E-state index in [1.807, 2.05) is 0 Å². The number of hydrogen-bond donors (Lipinski definition) is 3. The molecular weight excluding hydrogens is 304 g/mol. The smallest absolute Gasteiger partial charge is 0.408 e. The summed E-state index contributed by atoms with van der Waals surface area (Å²) in [5.41, 5.74) is 8.01. The minimum absolute atomic E-state index is 0.137. The number of phenolic OH excluding ortho intramolecular Hbond substituents is 1. The van der Waals surface area contributed by atoms with Gasteiger partial charge in [-0.3, -0.25) is 0 Å². The molecule has 1 rings (SSSR count). The van der Waals surface area contributed by atoms with Crippen molar-refractivity contribution < 1.29 is 24.5 Å². The number of carbonyl (C=O) groups excluding carboxylic acids is 1. The molecule has 0 radical (unpaired) electrons. The van der Waals surface area contributed by atoms with E-state index >= 15 is 0 Å². The number of benzene rings is 1. The van der Waals surface area contributed by atoms with E-state index in [1.54, 1.807) is 20.8 Å². The number of ether oxygens (including phenoxy) is 1. The van der Waals surface area contributed by atoms with Crippen LogP contribution in [0.2, 0.25) is 0 Å². The number of carboxylic acid groups (broad SMARTS) is 1. The van der Waals surface area contributed by atoms with Gasteiger partial charge in [0.2, 0.25) is 0 Å². The number of alkyl carbamates (subject to hydrolysis) is 1. The number of aliphatic carboxylic acids is 1. The third kappa shape index (κ3) is 5.76. The van der Waals surface area contributed by atoms with Crippen molar-refractivity contribution in [3.8, 4) is 5.75 Å².